The Morgan fingerprint density at radius 3 is 3.08 bits per heavy atom. The lowest BCUT2D eigenvalue weighted by Crippen LogP contribution is -2.24. The molecule has 12 heavy (non-hydrogen) atoms. The van der Waals surface area contributed by atoms with Crippen molar-refractivity contribution in [3.05, 3.63) is 28.8 Å². The molecule has 0 aliphatic carbocycles. The predicted molar refractivity (Wildman–Crippen MR) is 53.0 cm³/mol. The fraction of sp³-hybridized carbons (Fsp3) is 0.400. The maximum absolute atomic E-state index is 5.92. The second-order valence-electron chi connectivity index (χ2n) is 3.30. The van der Waals surface area contributed by atoms with Crippen LogP contribution in [0.25, 0.3) is 0 Å². The Bertz CT molecular complexity index is 296. The van der Waals surface area contributed by atoms with Gasteiger partial charge in [-0.2, -0.15) is 0 Å². The minimum Gasteiger partial charge on any atom is -0.374 e. The third-order valence-corrected chi connectivity index (χ3v) is 2.63. The van der Waals surface area contributed by atoms with Crippen LogP contribution < -0.4 is 4.90 Å². The molecule has 0 spiro atoms. The molecule has 0 fully saturated rings. The highest BCUT2D eigenvalue weighted by molar-refractivity contribution is 6.30. The molecule has 0 atom stereocenters. The van der Waals surface area contributed by atoms with Gasteiger partial charge in [-0.1, -0.05) is 17.7 Å². The van der Waals surface area contributed by atoms with Gasteiger partial charge in [0.25, 0.3) is 0 Å². The average molecular weight is 182 g/mol. The van der Waals surface area contributed by atoms with E-state index in [9.17, 15) is 0 Å². The fourth-order valence-corrected chi connectivity index (χ4v) is 1.90. The first-order chi connectivity index (χ1) is 5.77. The molecule has 0 bridgehead atoms. The van der Waals surface area contributed by atoms with Crippen molar-refractivity contribution in [1.29, 1.82) is 0 Å². The van der Waals surface area contributed by atoms with Crippen molar-refractivity contribution in [2.75, 3.05) is 18.5 Å². The molecule has 0 radical (unpaired) electrons. The SMILES string of the molecule is CN1CCCc2ccc(Cl)cc21. The second kappa shape index (κ2) is 2.98. The smallest absolute Gasteiger partial charge is 0.0426 e. The van der Waals surface area contributed by atoms with Crippen LogP contribution in [0.2, 0.25) is 5.02 Å². The number of halogens is 1. The number of aryl methyl sites for hydroxylation is 1. The average Bonchev–Trinajstić information content (AvgIpc) is 2.07. The topological polar surface area (TPSA) is 3.24 Å². The second-order valence-corrected chi connectivity index (χ2v) is 3.73. The number of fused-ring (bicyclic) bond motifs is 1. The number of rotatable bonds is 0. The van der Waals surface area contributed by atoms with Gasteiger partial charge in [-0.05, 0) is 30.5 Å². The zero-order chi connectivity index (χ0) is 8.55. The summed E-state index contributed by atoms with van der Waals surface area (Å²) >= 11 is 5.92. The number of hydrogen-bond acceptors (Lipinski definition) is 1. The van der Waals surface area contributed by atoms with Crippen LogP contribution >= 0.6 is 11.6 Å². The zero-order valence-electron chi connectivity index (χ0n) is 7.18. The van der Waals surface area contributed by atoms with Crippen LogP contribution in [-0.2, 0) is 6.42 Å². The number of hydrogen-bond donors (Lipinski definition) is 0. The van der Waals surface area contributed by atoms with E-state index in [4.69, 9.17) is 11.6 Å². The van der Waals surface area contributed by atoms with Gasteiger partial charge in [0, 0.05) is 24.3 Å². The summed E-state index contributed by atoms with van der Waals surface area (Å²) in [5.74, 6) is 0. The van der Waals surface area contributed by atoms with Gasteiger partial charge < -0.3 is 4.90 Å². The summed E-state index contributed by atoms with van der Waals surface area (Å²) in [4.78, 5) is 2.27. The molecule has 0 saturated carbocycles. The molecule has 1 aromatic rings. The van der Waals surface area contributed by atoms with Crippen LogP contribution in [0.4, 0.5) is 5.69 Å². The zero-order valence-corrected chi connectivity index (χ0v) is 7.93. The molecular weight excluding hydrogens is 170 g/mol. The van der Waals surface area contributed by atoms with E-state index < -0.39 is 0 Å². The van der Waals surface area contributed by atoms with Gasteiger partial charge >= 0.3 is 0 Å². The molecule has 0 amide bonds. The van der Waals surface area contributed by atoms with Crippen molar-refractivity contribution in [1.82, 2.24) is 0 Å². The van der Waals surface area contributed by atoms with Crippen LogP contribution in [-0.4, -0.2) is 13.6 Å². The summed E-state index contributed by atoms with van der Waals surface area (Å²) in [6, 6.07) is 6.16. The van der Waals surface area contributed by atoms with Crippen LogP contribution in [0.3, 0.4) is 0 Å². The minimum atomic E-state index is 0.836. The molecular formula is C10H12ClN. The molecule has 2 heteroatoms. The Hall–Kier alpha value is -0.690. The van der Waals surface area contributed by atoms with Gasteiger partial charge in [0.15, 0.2) is 0 Å². The van der Waals surface area contributed by atoms with Crippen molar-refractivity contribution in [3.8, 4) is 0 Å². The largest absolute Gasteiger partial charge is 0.374 e. The molecule has 1 aromatic carbocycles. The number of anilines is 1. The molecule has 0 aromatic heterocycles. The summed E-state index contributed by atoms with van der Waals surface area (Å²) in [5, 5.41) is 0.836. The van der Waals surface area contributed by atoms with Crippen molar-refractivity contribution in [2.45, 2.75) is 12.8 Å². The Kier molecular flexibility index (Phi) is 1.97. The first-order valence-corrected chi connectivity index (χ1v) is 4.65. The summed E-state index contributed by atoms with van der Waals surface area (Å²) in [6.45, 7) is 1.15. The van der Waals surface area contributed by atoms with Gasteiger partial charge in [0.1, 0.15) is 0 Å². The normalized spacial score (nSPS) is 16.0. The maximum Gasteiger partial charge on any atom is 0.0426 e. The van der Waals surface area contributed by atoms with Crippen LogP contribution in [0.15, 0.2) is 18.2 Å². The van der Waals surface area contributed by atoms with E-state index >= 15 is 0 Å². The van der Waals surface area contributed by atoms with Crippen molar-refractivity contribution >= 4 is 17.3 Å². The van der Waals surface area contributed by atoms with Crippen molar-refractivity contribution < 1.29 is 0 Å². The molecule has 0 saturated heterocycles. The van der Waals surface area contributed by atoms with Gasteiger partial charge in [0.05, 0.1) is 0 Å². The Labute approximate surface area is 77.9 Å². The predicted octanol–water partition coefficient (Wildman–Crippen LogP) is 2.72. The molecule has 1 aliphatic rings. The van der Waals surface area contributed by atoms with Gasteiger partial charge in [-0.15, -0.1) is 0 Å². The van der Waals surface area contributed by atoms with Crippen molar-refractivity contribution in [2.24, 2.45) is 0 Å². The van der Waals surface area contributed by atoms with E-state index in [1.54, 1.807) is 0 Å². The lowest BCUT2D eigenvalue weighted by molar-refractivity contribution is 0.744. The Balaban J connectivity index is 2.47. The summed E-state index contributed by atoms with van der Waals surface area (Å²) in [6.07, 6.45) is 2.45. The highest BCUT2D eigenvalue weighted by Gasteiger charge is 2.12. The van der Waals surface area contributed by atoms with Crippen LogP contribution in [0.5, 0.6) is 0 Å². The van der Waals surface area contributed by atoms with Crippen LogP contribution in [0, 0.1) is 0 Å². The van der Waals surface area contributed by atoms with Gasteiger partial charge in [-0.3, -0.25) is 0 Å². The highest BCUT2D eigenvalue weighted by Crippen LogP contribution is 2.28. The summed E-state index contributed by atoms with van der Waals surface area (Å²) in [7, 11) is 2.12. The van der Waals surface area contributed by atoms with Crippen molar-refractivity contribution in [3.63, 3.8) is 0 Å². The van der Waals surface area contributed by atoms with Gasteiger partial charge in [0.2, 0.25) is 0 Å². The van der Waals surface area contributed by atoms with E-state index in [0.29, 0.717) is 0 Å². The van der Waals surface area contributed by atoms with Crippen LogP contribution in [0.1, 0.15) is 12.0 Å². The van der Waals surface area contributed by atoms with E-state index in [1.165, 1.54) is 24.1 Å². The molecule has 1 aliphatic heterocycles. The van der Waals surface area contributed by atoms with Gasteiger partial charge in [-0.25, -0.2) is 0 Å². The molecule has 2 rings (SSSR count). The van der Waals surface area contributed by atoms with E-state index in [0.717, 1.165) is 11.6 Å². The minimum absolute atomic E-state index is 0.836. The molecule has 64 valence electrons. The highest BCUT2D eigenvalue weighted by atomic mass is 35.5. The molecule has 1 nitrogen and oxygen atoms in total. The molecule has 0 unspecified atom stereocenters. The lowest BCUT2D eigenvalue weighted by atomic mass is 10.0. The van der Waals surface area contributed by atoms with E-state index in [-0.39, 0.29) is 0 Å². The standard InChI is InChI=1S/C10H12ClN/c1-12-6-2-3-8-4-5-9(11)7-10(8)12/h4-5,7H,2-3,6H2,1H3. The lowest BCUT2D eigenvalue weighted by Gasteiger charge is -2.27. The number of nitrogens with zero attached hydrogens (tertiary/aromatic N) is 1. The fourth-order valence-electron chi connectivity index (χ4n) is 1.73. The summed E-state index contributed by atoms with van der Waals surface area (Å²) in [5.41, 5.74) is 2.72. The monoisotopic (exact) mass is 181 g/mol. The Morgan fingerprint density at radius 2 is 2.25 bits per heavy atom. The first kappa shape index (κ1) is 7.93. The van der Waals surface area contributed by atoms with E-state index in [2.05, 4.69) is 24.1 Å². The molecule has 1 heterocycles. The maximum atomic E-state index is 5.92. The quantitative estimate of drug-likeness (QED) is 0.595. The Morgan fingerprint density at radius 1 is 1.42 bits per heavy atom. The van der Waals surface area contributed by atoms with E-state index in [1.807, 2.05) is 6.07 Å². The first-order valence-electron chi connectivity index (χ1n) is 4.27. The molecule has 0 N–H and O–H groups in total. The summed E-state index contributed by atoms with van der Waals surface area (Å²) < 4.78 is 0. The number of benzene rings is 1. The third kappa shape index (κ3) is 1.29. The third-order valence-electron chi connectivity index (χ3n) is 2.40.